The zero-order valence-corrected chi connectivity index (χ0v) is 11.1. The van der Waals surface area contributed by atoms with Gasteiger partial charge < -0.3 is 20.4 Å². The van der Waals surface area contributed by atoms with Gasteiger partial charge in [0.05, 0.1) is 5.69 Å². The Labute approximate surface area is 113 Å². The second-order valence-corrected chi connectivity index (χ2v) is 5.56. The lowest BCUT2D eigenvalue weighted by Gasteiger charge is -2.22. The molecule has 1 aromatic rings. The molecule has 5 nitrogen and oxygen atoms in total. The number of nitrogens with two attached hydrogens (primary N) is 1. The standard InChI is InChI=1S/C14H21N3O2/c15-11-7-13(17(9-11)12-1-2-12)14(18)16-8-10-3-5-19-6-4-10/h7,9-10,12H,1-6,8,15H2,(H,16,18). The number of nitrogen functional groups attached to an aromatic ring is 1. The van der Waals surface area contributed by atoms with Crippen molar-refractivity contribution in [1.29, 1.82) is 0 Å². The van der Waals surface area contributed by atoms with Crippen LogP contribution in [0.3, 0.4) is 0 Å². The SMILES string of the molecule is Nc1cc(C(=O)NCC2CCOCC2)n(C2CC2)c1. The summed E-state index contributed by atoms with van der Waals surface area (Å²) in [6, 6.07) is 2.25. The molecule has 1 saturated carbocycles. The molecule has 1 aliphatic carbocycles. The number of hydrogen-bond donors (Lipinski definition) is 2. The molecular formula is C14H21N3O2. The van der Waals surface area contributed by atoms with E-state index < -0.39 is 0 Å². The highest BCUT2D eigenvalue weighted by Gasteiger charge is 2.27. The van der Waals surface area contributed by atoms with Gasteiger partial charge in [0.2, 0.25) is 0 Å². The average molecular weight is 263 g/mol. The number of anilines is 1. The van der Waals surface area contributed by atoms with Crippen LogP contribution in [0, 0.1) is 5.92 Å². The second-order valence-electron chi connectivity index (χ2n) is 5.56. The summed E-state index contributed by atoms with van der Waals surface area (Å²) in [6.07, 6.45) is 6.24. The van der Waals surface area contributed by atoms with E-state index in [1.54, 1.807) is 6.07 Å². The van der Waals surface area contributed by atoms with E-state index in [-0.39, 0.29) is 5.91 Å². The number of ether oxygens (including phenoxy) is 1. The Balaban J connectivity index is 1.60. The van der Waals surface area contributed by atoms with Crippen molar-refractivity contribution in [1.82, 2.24) is 9.88 Å². The van der Waals surface area contributed by atoms with Crippen LogP contribution in [-0.4, -0.2) is 30.2 Å². The Bertz CT molecular complexity index is 459. The van der Waals surface area contributed by atoms with Crippen LogP contribution in [0.2, 0.25) is 0 Å². The van der Waals surface area contributed by atoms with E-state index in [4.69, 9.17) is 10.5 Å². The molecule has 0 aromatic carbocycles. The van der Waals surface area contributed by atoms with Gasteiger partial charge in [-0.25, -0.2) is 0 Å². The fraction of sp³-hybridized carbons (Fsp3) is 0.643. The molecule has 2 heterocycles. The molecule has 1 amide bonds. The summed E-state index contributed by atoms with van der Waals surface area (Å²) in [5, 5.41) is 3.03. The monoisotopic (exact) mass is 263 g/mol. The van der Waals surface area contributed by atoms with Crippen LogP contribution in [-0.2, 0) is 4.74 Å². The molecule has 5 heteroatoms. The lowest BCUT2D eigenvalue weighted by Crippen LogP contribution is -2.33. The Morgan fingerprint density at radius 3 is 2.79 bits per heavy atom. The minimum Gasteiger partial charge on any atom is -0.397 e. The fourth-order valence-corrected chi connectivity index (χ4v) is 2.62. The normalized spacial score (nSPS) is 20.4. The first-order valence-electron chi connectivity index (χ1n) is 7.07. The van der Waals surface area contributed by atoms with Crippen LogP contribution in [0.4, 0.5) is 5.69 Å². The molecule has 19 heavy (non-hydrogen) atoms. The Kier molecular flexibility index (Phi) is 3.46. The third-order valence-electron chi connectivity index (χ3n) is 3.93. The Morgan fingerprint density at radius 2 is 2.11 bits per heavy atom. The highest BCUT2D eigenvalue weighted by molar-refractivity contribution is 5.93. The summed E-state index contributed by atoms with van der Waals surface area (Å²) in [7, 11) is 0. The molecule has 0 bridgehead atoms. The van der Waals surface area contributed by atoms with Crippen molar-refractivity contribution in [2.75, 3.05) is 25.5 Å². The summed E-state index contributed by atoms with van der Waals surface area (Å²) in [6.45, 7) is 2.36. The van der Waals surface area contributed by atoms with E-state index in [1.165, 1.54) is 0 Å². The smallest absolute Gasteiger partial charge is 0.268 e. The largest absolute Gasteiger partial charge is 0.397 e. The maximum Gasteiger partial charge on any atom is 0.268 e. The van der Waals surface area contributed by atoms with Crippen molar-refractivity contribution < 1.29 is 9.53 Å². The summed E-state index contributed by atoms with van der Waals surface area (Å²) < 4.78 is 7.34. The maximum atomic E-state index is 12.2. The minimum absolute atomic E-state index is 0.00454. The predicted octanol–water partition coefficient (Wildman–Crippen LogP) is 1.56. The molecule has 2 fully saturated rings. The van der Waals surface area contributed by atoms with Gasteiger partial charge in [-0.05, 0) is 37.7 Å². The van der Waals surface area contributed by atoms with Gasteiger partial charge in [0.15, 0.2) is 0 Å². The zero-order chi connectivity index (χ0) is 13.2. The van der Waals surface area contributed by atoms with Gasteiger partial charge in [-0.3, -0.25) is 4.79 Å². The van der Waals surface area contributed by atoms with Crippen LogP contribution in [0.15, 0.2) is 12.3 Å². The number of nitrogens with one attached hydrogen (secondary N) is 1. The third kappa shape index (κ3) is 2.92. The summed E-state index contributed by atoms with van der Waals surface area (Å²) in [5.74, 6) is 0.537. The first-order chi connectivity index (χ1) is 9.24. The molecule has 0 unspecified atom stereocenters. The van der Waals surface area contributed by atoms with Crippen molar-refractivity contribution in [2.24, 2.45) is 5.92 Å². The van der Waals surface area contributed by atoms with E-state index in [0.29, 0.717) is 23.3 Å². The maximum absolute atomic E-state index is 12.2. The van der Waals surface area contributed by atoms with Crippen molar-refractivity contribution in [3.05, 3.63) is 18.0 Å². The zero-order valence-electron chi connectivity index (χ0n) is 11.1. The molecule has 104 valence electrons. The summed E-state index contributed by atoms with van der Waals surface area (Å²) in [4.78, 5) is 12.2. The van der Waals surface area contributed by atoms with E-state index >= 15 is 0 Å². The van der Waals surface area contributed by atoms with Crippen molar-refractivity contribution in [2.45, 2.75) is 31.7 Å². The number of hydrogen-bond acceptors (Lipinski definition) is 3. The van der Waals surface area contributed by atoms with Crippen LogP contribution >= 0.6 is 0 Å². The van der Waals surface area contributed by atoms with Gasteiger partial charge in [0.25, 0.3) is 5.91 Å². The van der Waals surface area contributed by atoms with Crippen molar-refractivity contribution in [3.8, 4) is 0 Å². The van der Waals surface area contributed by atoms with Crippen LogP contribution < -0.4 is 11.1 Å². The lowest BCUT2D eigenvalue weighted by atomic mass is 10.0. The molecule has 0 radical (unpaired) electrons. The number of nitrogens with zero attached hydrogens (tertiary/aromatic N) is 1. The molecule has 1 saturated heterocycles. The predicted molar refractivity (Wildman–Crippen MR) is 73.0 cm³/mol. The molecular weight excluding hydrogens is 242 g/mol. The molecule has 1 aliphatic heterocycles. The minimum atomic E-state index is -0.00454. The number of amides is 1. The van der Waals surface area contributed by atoms with E-state index in [1.807, 2.05) is 10.8 Å². The van der Waals surface area contributed by atoms with Crippen LogP contribution in [0.1, 0.15) is 42.2 Å². The van der Waals surface area contributed by atoms with Crippen LogP contribution in [0.5, 0.6) is 0 Å². The van der Waals surface area contributed by atoms with Crippen LogP contribution in [0.25, 0.3) is 0 Å². The number of rotatable bonds is 4. The van der Waals surface area contributed by atoms with Crippen molar-refractivity contribution in [3.63, 3.8) is 0 Å². The molecule has 1 aromatic heterocycles. The third-order valence-corrected chi connectivity index (χ3v) is 3.93. The topological polar surface area (TPSA) is 69.3 Å². The number of carbonyl (C=O) groups excluding carboxylic acids is 1. The van der Waals surface area contributed by atoms with Gasteiger partial charge in [0.1, 0.15) is 5.69 Å². The fourth-order valence-electron chi connectivity index (χ4n) is 2.62. The Morgan fingerprint density at radius 1 is 1.37 bits per heavy atom. The van der Waals surface area contributed by atoms with E-state index in [0.717, 1.165) is 45.4 Å². The highest BCUT2D eigenvalue weighted by Crippen LogP contribution is 2.37. The average Bonchev–Trinajstić information content (AvgIpc) is 3.20. The van der Waals surface area contributed by atoms with Gasteiger partial charge in [-0.15, -0.1) is 0 Å². The van der Waals surface area contributed by atoms with E-state index in [9.17, 15) is 4.79 Å². The molecule has 2 aliphatic rings. The highest BCUT2D eigenvalue weighted by atomic mass is 16.5. The first-order valence-corrected chi connectivity index (χ1v) is 7.07. The summed E-state index contributed by atoms with van der Waals surface area (Å²) >= 11 is 0. The first kappa shape index (κ1) is 12.5. The lowest BCUT2D eigenvalue weighted by molar-refractivity contribution is 0.0641. The van der Waals surface area contributed by atoms with Crippen molar-refractivity contribution >= 4 is 11.6 Å². The van der Waals surface area contributed by atoms with Gasteiger partial charge >= 0.3 is 0 Å². The number of carbonyl (C=O) groups is 1. The van der Waals surface area contributed by atoms with Gasteiger partial charge in [-0.1, -0.05) is 0 Å². The van der Waals surface area contributed by atoms with Gasteiger partial charge in [-0.2, -0.15) is 0 Å². The molecule has 0 atom stereocenters. The summed E-state index contributed by atoms with van der Waals surface area (Å²) in [5.41, 5.74) is 7.17. The quantitative estimate of drug-likeness (QED) is 0.866. The molecule has 3 rings (SSSR count). The van der Waals surface area contributed by atoms with E-state index in [2.05, 4.69) is 5.32 Å². The second kappa shape index (κ2) is 5.25. The molecule has 0 spiro atoms. The van der Waals surface area contributed by atoms with Gasteiger partial charge in [0, 0.05) is 32.0 Å². The number of aromatic nitrogens is 1. The Hall–Kier alpha value is -1.49. The molecule has 3 N–H and O–H groups in total.